The average Bonchev–Trinajstić information content (AvgIpc) is 3.35. The minimum Gasteiger partial charge on any atom is -0.486 e. The summed E-state index contributed by atoms with van der Waals surface area (Å²) in [5.74, 6) is 1.41. The number of nitrogens with zero attached hydrogens (tertiary/aromatic N) is 2. The molecule has 6 heteroatoms. The van der Waals surface area contributed by atoms with E-state index in [9.17, 15) is 10.0 Å². The molecule has 6 nitrogen and oxygen atoms in total. The van der Waals surface area contributed by atoms with Gasteiger partial charge in [-0.3, -0.25) is 10.2 Å². The second kappa shape index (κ2) is 6.88. The number of rotatable bonds is 6. The largest absolute Gasteiger partial charge is 0.486 e. The highest BCUT2D eigenvalue weighted by Crippen LogP contribution is 2.48. The van der Waals surface area contributed by atoms with Crippen molar-refractivity contribution >= 4 is 6.03 Å². The van der Waals surface area contributed by atoms with Crippen LogP contribution in [0.4, 0.5) is 4.79 Å². The number of amides is 2. The lowest BCUT2D eigenvalue weighted by Crippen LogP contribution is -2.34. The van der Waals surface area contributed by atoms with E-state index in [-0.39, 0.29) is 18.6 Å². The number of pyridine rings is 1. The number of benzene rings is 1. The maximum Gasteiger partial charge on any atom is 0.338 e. The predicted molar refractivity (Wildman–Crippen MR) is 88.6 cm³/mol. The van der Waals surface area contributed by atoms with Crippen molar-refractivity contribution in [3.05, 3.63) is 59.9 Å². The third-order valence-corrected chi connectivity index (χ3v) is 4.38. The molecule has 0 bridgehead atoms. The Morgan fingerprint density at radius 2 is 2.00 bits per heavy atom. The summed E-state index contributed by atoms with van der Waals surface area (Å²) in [4.78, 5) is 14.9. The van der Waals surface area contributed by atoms with E-state index in [2.05, 4.69) is 4.98 Å². The first-order chi connectivity index (χ1) is 11.5. The molecule has 1 aromatic heterocycles. The molecule has 2 amide bonds. The second-order valence-corrected chi connectivity index (χ2v) is 6.13. The van der Waals surface area contributed by atoms with Gasteiger partial charge in [0.25, 0.3) is 0 Å². The Morgan fingerprint density at radius 3 is 2.62 bits per heavy atom. The van der Waals surface area contributed by atoms with E-state index in [1.54, 1.807) is 12.4 Å². The van der Waals surface area contributed by atoms with Gasteiger partial charge in [-0.1, -0.05) is 12.1 Å². The first-order valence-electron chi connectivity index (χ1n) is 7.97. The Morgan fingerprint density at radius 1 is 1.33 bits per heavy atom. The Bertz CT molecular complexity index is 690. The van der Waals surface area contributed by atoms with Gasteiger partial charge < -0.3 is 10.5 Å². The van der Waals surface area contributed by atoms with Crippen LogP contribution in [-0.2, 0) is 0 Å². The first-order valence-corrected chi connectivity index (χ1v) is 7.97. The Labute approximate surface area is 140 Å². The zero-order valence-corrected chi connectivity index (χ0v) is 13.5. The fourth-order valence-electron chi connectivity index (χ4n) is 2.87. The van der Waals surface area contributed by atoms with Crippen molar-refractivity contribution in [1.29, 1.82) is 0 Å². The smallest absolute Gasteiger partial charge is 0.338 e. The quantitative estimate of drug-likeness (QED) is 0.630. The number of carbonyl (C=O) groups is 1. The number of hydrogen-bond acceptors (Lipinski definition) is 4. The van der Waals surface area contributed by atoms with Crippen LogP contribution < -0.4 is 10.5 Å². The van der Waals surface area contributed by atoms with Gasteiger partial charge in [0.2, 0.25) is 0 Å². The molecule has 1 saturated carbocycles. The molecule has 1 aliphatic rings. The third kappa shape index (κ3) is 3.83. The van der Waals surface area contributed by atoms with Gasteiger partial charge in [0.05, 0.1) is 6.54 Å². The maximum atomic E-state index is 10.8. The molecule has 1 heterocycles. The monoisotopic (exact) mass is 327 g/mol. The highest BCUT2D eigenvalue weighted by Gasteiger charge is 2.39. The zero-order valence-electron chi connectivity index (χ0n) is 13.5. The van der Waals surface area contributed by atoms with Gasteiger partial charge in [-0.15, -0.1) is 0 Å². The molecule has 0 aliphatic heterocycles. The second-order valence-electron chi connectivity index (χ2n) is 6.13. The molecule has 3 atom stereocenters. The minimum atomic E-state index is -0.811. The molecule has 1 aliphatic carbocycles. The topological polar surface area (TPSA) is 88.7 Å². The lowest BCUT2D eigenvalue weighted by molar-refractivity contribution is -0.0431. The van der Waals surface area contributed by atoms with Crippen LogP contribution >= 0.6 is 0 Å². The van der Waals surface area contributed by atoms with Crippen LogP contribution in [0.25, 0.3) is 0 Å². The average molecular weight is 327 g/mol. The fourth-order valence-corrected chi connectivity index (χ4v) is 2.87. The third-order valence-electron chi connectivity index (χ3n) is 4.38. The van der Waals surface area contributed by atoms with E-state index in [4.69, 9.17) is 10.5 Å². The van der Waals surface area contributed by atoms with Crippen molar-refractivity contribution in [2.45, 2.75) is 25.4 Å². The number of ether oxygens (including phenoxy) is 1. The summed E-state index contributed by atoms with van der Waals surface area (Å²) in [5, 5.41) is 9.97. The lowest BCUT2D eigenvalue weighted by Gasteiger charge is -2.15. The molecule has 24 heavy (non-hydrogen) atoms. The number of hydrogen-bond donors (Lipinski definition) is 2. The highest BCUT2D eigenvalue weighted by atomic mass is 16.5. The van der Waals surface area contributed by atoms with Crippen molar-refractivity contribution in [3.8, 4) is 5.75 Å². The number of carbonyl (C=O) groups excluding carboxylic acids is 1. The number of aromatic nitrogens is 1. The van der Waals surface area contributed by atoms with Gasteiger partial charge in [0.15, 0.2) is 0 Å². The molecular formula is C18H21N3O3. The lowest BCUT2D eigenvalue weighted by atomic mass is 10.1. The zero-order chi connectivity index (χ0) is 17.1. The van der Waals surface area contributed by atoms with E-state index in [1.165, 1.54) is 5.56 Å². The molecule has 3 rings (SSSR count). The van der Waals surface area contributed by atoms with Gasteiger partial charge in [-0.25, -0.2) is 9.86 Å². The number of nitrogens with two attached hydrogens (primary N) is 1. The highest BCUT2D eigenvalue weighted by molar-refractivity contribution is 5.70. The predicted octanol–water partition coefficient (Wildman–Crippen LogP) is 3.10. The molecule has 0 saturated heterocycles. The minimum absolute atomic E-state index is 0.0500. The van der Waals surface area contributed by atoms with E-state index in [0.717, 1.165) is 17.7 Å². The van der Waals surface area contributed by atoms with E-state index < -0.39 is 6.03 Å². The van der Waals surface area contributed by atoms with Gasteiger partial charge in [-0.2, -0.15) is 0 Å². The molecule has 3 N–H and O–H groups in total. The molecular weight excluding hydrogens is 306 g/mol. The normalized spacial score (nSPS) is 20.2. The van der Waals surface area contributed by atoms with Crippen LogP contribution in [0, 0.1) is 5.92 Å². The molecule has 1 fully saturated rings. The van der Waals surface area contributed by atoms with Crippen LogP contribution in [0.2, 0.25) is 0 Å². The summed E-state index contributed by atoms with van der Waals surface area (Å²) in [6.07, 6.45) is 4.40. The van der Waals surface area contributed by atoms with Crippen LogP contribution in [0.1, 0.15) is 36.5 Å². The SMILES string of the molecule is CC(Oc1ccc([C@@H]2C[C@H]2CN(O)C(N)=O)cc1)c1ccncc1. The van der Waals surface area contributed by atoms with Crippen LogP contribution in [0.5, 0.6) is 5.75 Å². The van der Waals surface area contributed by atoms with Crippen molar-refractivity contribution in [3.63, 3.8) is 0 Å². The summed E-state index contributed by atoms with van der Waals surface area (Å²) < 4.78 is 5.94. The summed E-state index contributed by atoms with van der Waals surface area (Å²) in [7, 11) is 0. The standard InChI is InChI=1S/C18H21N3O3/c1-12(13-6-8-20-9-7-13)24-16-4-2-14(3-5-16)17-10-15(17)11-21(23)18(19)22/h2-9,12,15,17,23H,10-11H2,1H3,(H2,19,22)/t12?,15-,17-/m0/s1. The molecule has 1 aromatic carbocycles. The number of urea groups is 1. The van der Waals surface area contributed by atoms with E-state index in [0.29, 0.717) is 11.0 Å². The summed E-state index contributed by atoms with van der Waals surface area (Å²) in [5.41, 5.74) is 7.28. The number of primary amides is 1. The summed E-state index contributed by atoms with van der Waals surface area (Å²) in [6.45, 7) is 2.27. The van der Waals surface area contributed by atoms with Gasteiger partial charge >= 0.3 is 6.03 Å². The Kier molecular flexibility index (Phi) is 4.66. The summed E-state index contributed by atoms with van der Waals surface area (Å²) in [6, 6.07) is 11.0. The van der Waals surface area contributed by atoms with Crippen LogP contribution in [0.15, 0.2) is 48.8 Å². The van der Waals surface area contributed by atoms with E-state index in [1.807, 2.05) is 43.3 Å². The molecule has 126 valence electrons. The van der Waals surface area contributed by atoms with Crippen LogP contribution in [-0.4, -0.2) is 27.8 Å². The maximum absolute atomic E-state index is 10.8. The first kappa shape index (κ1) is 16.3. The molecule has 0 spiro atoms. The Hall–Kier alpha value is -2.60. The molecule has 1 unspecified atom stereocenters. The molecule has 2 aromatic rings. The van der Waals surface area contributed by atoms with Gasteiger partial charge in [0.1, 0.15) is 11.9 Å². The van der Waals surface area contributed by atoms with E-state index >= 15 is 0 Å². The van der Waals surface area contributed by atoms with Crippen LogP contribution in [0.3, 0.4) is 0 Å². The molecule has 0 radical (unpaired) electrons. The van der Waals surface area contributed by atoms with Crippen molar-refractivity contribution in [2.75, 3.05) is 6.54 Å². The number of hydroxylamine groups is 2. The fraction of sp³-hybridized carbons (Fsp3) is 0.333. The van der Waals surface area contributed by atoms with Crippen molar-refractivity contribution in [2.24, 2.45) is 11.7 Å². The van der Waals surface area contributed by atoms with Crippen molar-refractivity contribution in [1.82, 2.24) is 10.0 Å². The van der Waals surface area contributed by atoms with Gasteiger partial charge in [0, 0.05) is 12.4 Å². The van der Waals surface area contributed by atoms with Gasteiger partial charge in [-0.05, 0) is 60.6 Å². The summed E-state index contributed by atoms with van der Waals surface area (Å²) >= 11 is 0. The van der Waals surface area contributed by atoms with Crippen molar-refractivity contribution < 1.29 is 14.7 Å². The Balaban J connectivity index is 1.56.